The molecule has 0 fully saturated rings. The Morgan fingerprint density at radius 3 is 2.45 bits per heavy atom. The number of ether oxygens (including phenoxy) is 2. The third kappa shape index (κ3) is 5.89. The Labute approximate surface area is 230 Å². The Morgan fingerprint density at radius 2 is 1.73 bits per heavy atom. The lowest BCUT2D eigenvalue weighted by Crippen LogP contribution is -2.09. The zero-order valence-electron chi connectivity index (χ0n) is 22.7. The van der Waals surface area contributed by atoms with Crippen molar-refractivity contribution in [1.82, 2.24) is 29.7 Å². The zero-order chi connectivity index (χ0) is 28.2. The average Bonchev–Trinajstić information content (AvgIpc) is 3.29. The Balaban J connectivity index is 1.54. The van der Waals surface area contributed by atoms with Gasteiger partial charge in [0.05, 0.1) is 18.7 Å². The maximum Gasteiger partial charge on any atom is 0.182 e. The maximum atomic E-state index is 15.0. The molecule has 0 aliphatic rings. The van der Waals surface area contributed by atoms with Gasteiger partial charge in [-0.25, -0.2) is 28.7 Å². The van der Waals surface area contributed by atoms with Gasteiger partial charge in [-0.05, 0) is 25.0 Å². The number of nitrogens with zero attached hydrogens (tertiary/aromatic N) is 6. The first kappa shape index (κ1) is 27.1. The molecule has 0 aliphatic heterocycles. The predicted octanol–water partition coefficient (Wildman–Crippen LogP) is 5.81. The van der Waals surface area contributed by atoms with Gasteiger partial charge >= 0.3 is 0 Å². The molecule has 0 bridgehead atoms. The van der Waals surface area contributed by atoms with Gasteiger partial charge in [0.2, 0.25) is 0 Å². The molecule has 1 N–H and O–H groups in total. The van der Waals surface area contributed by atoms with Crippen molar-refractivity contribution in [3.05, 3.63) is 83.4 Å². The van der Waals surface area contributed by atoms with Crippen molar-refractivity contribution in [1.29, 1.82) is 0 Å². The van der Waals surface area contributed by atoms with Crippen LogP contribution in [0.25, 0.3) is 22.4 Å². The minimum atomic E-state index is -0.724. The molecule has 0 radical (unpaired) electrons. The molecule has 9 nitrogen and oxygen atoms in total. The highest BCUT2D eigenvalue weighted by atomic mass is 19.1. The Morgan fingerprint density at radius 1 is 0.950 bits per heavy atom. The number of nitrogens with one attached hydrogen (secondary N) is 1. The highest BCUT2D eigenvalue weighted by Crippen LogP contribution is 2.30. The Hall–Kier alpha value is -4.51. The molecule has 0 saturated carbocycles. The van der Waals surface area contributed by atoms with Crippen LogP contribution in [0.1, 0.15) is 36.8 Å². The van der Waals surface area contributed by atoms with Crippen LogP contribution >= 0.6 is 0 Å². The molecule has 0 aliphatic carbocycles. The predicted molar refractivity (Wildman–Crippen MR) is 148 cm³/mol. The highest BCUT2D eigenvalue weighted by Gasteiger charge is 2.20. The van der Waals surface area contributed by atoms with Gasteiger partial charge in [-0.2, -0.15) is 5.10 Å². The van der Waals surface area contributed by atoms with Gasteiger partial charge in [0.25, 0.3) is 0 Å². The molecular formula is C29H29F2N7O2. The third-order valence-electron chi connectivity index (χ3n) is 6.22. The minimum Gasteiger partial charge on any atom is -0.491 e. The molecule has 3 heterocycles. The second-order valence-corrected chi connectivity index (χ2v) is 9.50. The first-order valence-electron chi connectivity index (χ1n) is 12.8. The summed E-state index contributed by atoms with van der Waals surface area (Å²) in [5, 5.41) is 8.72. The zero-order valence-corrected chi connectivity index (χ0v) is 22.7. The fraction of sp³-hybridized carbons (Fsp3) is 0.276. The highest BCUT2D eigenvalue weighted by molar-refractivity contribution is 5.91. The second kappa shape index (κ2) is 11.7. The van der Waals surface area contributed by atoms with Crippen molar-refractivity contribution in [3.63, 3.8) is 0 Å². The van der Waals surface area contributed by atoms with Crippen molar-refractivity contribution in [2.24, 2.45) is 0 Å². The first-order chi connectivity index (χ1) is 19.3. The molecule has 0 spiro atoms. The van der Waals surface area contributed by atoms with E-state index in [1.54, 1.807) is 16.9 Å². The number of hydrogen-bond donors (Lipinski definition) is 1. The lowest BCUT2D eigenvalue weighted by molar-refractivity contribution is 0.146. The monoisotopic (exact) mass is 545 g/mol. The molecule has 0 atom stereocenters. The number of para-hydroxylation sites is 1. The van der Waals surface area contributed by atoms with Crippen molar-refractivity contribution in [2.75, 3.05) is 25.6 Å². The van der Waals surface area contributed by atoms with Crippen molar-refractivity contribution < 1.29 is 18.3 Å². The summed E-state index contributed by atoms with van der Waals surface area (Å²) >= 11 is 0. The van der Waals surface area contributed by atoms with E-state index >= 15 is 8.78 Å². The first-order valence-corrected chi connectivity index (χ1v) is 12.8. The number of aryl methyl sites for hydroxylation is 1. The normalized spacial score (nSPS) is 11.4. The number of halogens is 2. The Kier molecular flexibility index (Phi) is 7.92. The van der Waals surface area contributed by atoms with Crippen LogP contribution < -0.4 is 10.1 Å². The largest absolute Gasteiger partial charge is 0.491 e. The van der Waals surface area contributed by atoms with Gasteiger partial charge in [-0.15, -0.1) is 0 Å². The molecule has 206 valence electrons. The van der Waals surface area contributed by atoms with E-state index in [9.17, 15) is 0 Å². The molecule has 5 rings (SSSR count). The van der Waals surface area contributed by atoms with Crippen molar-refractivity contribution in [3.8, 4) is 17.3 Å². The van der Waals surface area contributed by atoms with E-state index in [0.717, 1.165) is 11.1 Å². The molecule has 0 amide bonds. The standard InChI is InChI=1S/C29H29F2N7O2/c1-17(2)24-15-27(35-26-9-10-32-18(3)33-26)36-29(34-24)28-20-7-5-6-8-25(20)38(37-28)16-21-22(30)13-19(14-23(21)31)40-12-11-39-4/h5-10,13-15,17H,11-12,16H2,1-4H3,(H,32,33,34,35,36). The summed E-state index contributed by atoms with van der Waals surface area (Å²) in [6.45, 7) is 6.24. The van der Waals surface area contributed by atoms with Gasteiger partial charge in [0.15, 0.2) is 5.82 Å². The minimum absolute atomic E-state index is 0.0969. The maximum absolute atomic E-state index is 15.0. The number of fused-ring (bicyclic) bond motifs is 1. The van der Waals surface area contributed by atoms with Crippen LogP contribution in [0.2, 0.25) is 0 Å². The summed E-state index contributed by atoms with van der Waals surface area (Å²) < 4.78 is 41.9. The number of benzene rings is 2. The third-order valence-corrected chi connectivity index (χ3v) is 6.22. The summed E-state index contributed by atoms with van der Waals surface area (Å²) in [4.78, 5) is 18.0. The molecule has 0 unspecified atom stereocenters. The van der Waals surface area contributed by atoms with E-state index in [-0.39, 0.29) is 30.4 Å². The molecule has 11 heteroatoms. The molecular weight excluding hydrogens is 516 g/mol. The second-order valence-electron chi connectivity index (χ2n) is 9.50. The van der Waals surface area contributed by atoms with E-state index in [4.69, 9.17) is 24.5 Å². The van der Waals surface area contributed by atoms with Gasteiger partial charge in [0.1, 0.15) is 47.1 Å². The lowest BCUT2D eigenvalue weighted by Gasteiger charge is -2.11. The van der Waals surface area contributed by atoms with Gasteiger partial charge in [-0.3, -0.25) is 4.68 Å². The van der Waals surface area contributed by atoms with Crippen LogP contribution in [-0.2, 0) is 11.3 Å². The van der Waals surface area contributed by atoms with Crippen molar-refractivity contribution in [2.45, 2.75) is 33.2 Å². The van der Waals surface area contributed by atoms with E-state index in [0.29, 0.717) is 41.1 Å². The molecule has 5 aromatic rings. The van der Waals surface area contributed by atoms with Crippen LogP contribution in [0.5, 0.6) is 5.75 Å². The van der Waals surface area contributed by atoms with Crippen LogP contribution in [0.15, 0.2) is 54.7 Å². The summed E-state index contributed by atoms with van der Waals surface area (Å²) in [5.74, 6) is 0.917. The smallest absolute Gasteiger partial charge is 0.182 e. The molecule has 3 aromatic heterocycles. The van der Waals surface area contributed by atoms with Crippen molar-refractivity contribution >= 4 is 22.5 Å². The molecule has 0 saturated heterocycles. The van der Waals surface area contributed by atoms with E-state index in [1.807, 2.05) is 51.1 Å². The summed E-state index contributed by atoms with van der Waals surface area (Å²) in [6, 6.07) is 13.4. The SMILES string of the molecule is COCCOc1cc(F)c(Cn2nc(-c3nc(Nc4ccnc(C)n4)cc(C(C)C)n3)c3ccccc32)c(F)c1. The summed E-state index contributed by atoms with van der Waals surface area (Å²) in [7, 11) is 1.52. The number of aromatic nitrogens is 6. The quantitative estimate of drug-likeness (QED) is 0.220. The van der Waals surface area contributed by atoms with E-state index in [1.165, 1.54) is 19.2 Å². The molecule has 40 heavy (non-hydrogen) atoms. The summed E-state index contributed by atoms with van der Waals surface area (Å²) in [6.07, 6.45) is 1.67. The number of anilines is 2. The van der Waals surface area contributed by atoms with Crippen LogP contribution in [0.3, 0.4) is 0 Å². The van der Waals surface area contributed by atoms with Crippen LogP contribution in [0, 0.1) is 18.6 Å². The van der Waals surface area contributed by atoms with E-state index < -0.39 is 11.6 Å². The average molecular weight is 546 g/mol. The van der Waals surface area contributed by atoms with E-state index in [2.05, 4.69) is 15.3 Å². The van der Waals surface area contributed by atoms with Crippen LogP contribution in [-0.4, -0.2) is 50.0 Å². The van der Waals surface area contributed by atoms with Gasteiger partial charge < -0.3 is 14.8 Å². The fourth-order valence-electron chi connectivity index (χ4n) is 4.21. The number of rotatable bonds is 10. The number of hydrogen-bond acceptors (Lipinski definition) is 8. The topological polar surface area (TPSA) is 99.9 Å². The fourth-order valence-corrected chi connectivity index (χ4v) is 4.21. The Bertz CT molecular complexity index is 1630. The number of methoxy groups -OCH3 is 1. The molecule has 2 aromatic carbocycles. The summed E-state index contributed by atoms with van der Waals surface area (Å²) in [5.41, 5.74) is 1.87. The lowest BCUT2D eigenvalue weighted by atomic mass is 10.1. The van der Waals surface area contributed by atoms with Gasteiger partial charge in [0, 0.05) is 48.1 Å². The van der Waals surface area contributed by atoms with Gasteiger partial charge in [-0.1, -0.05) is 32.0 Å². The van der Waals surface area contributed by atoms with Crippen LogP contribution in [0.4, 0.5) is 20.4 Å².